The highest BCUT2D eigenvalue weighted by molar-refractivity contribution is 8.00. The van der Waals surface area contributed by atoms with Crippen LogP contribution in [0.2, 0.25) is 0 Å². The third kappa shape index (κ3) is 3.66. The van der Waals surface area contributed by atoms with Gasteiger partial charge in [0.05, 0.1) is 5.25 Å². The quantitative estimate of drug-likeness (QED) is 0.662. The first kappa shape index (κ1) is 18.3. The van der Waals surface area contributed by atoms with Gasteiger partial charge in [-0.05, 0) is 6.92 Å². The molecule has 28 heavy (non-hydrogen) atoms. The second-order valence-electron chi connectivity index (χ2n) is 6.37. The molecule has 1 aromatic heterocycles. The van der Waals surface area contributed by atoms with Gasteiger partial charge in [0.2, 0.25) is 5.91 Å². The normalized spacial score (nSPS) is 14.8. The lowest BCUT2D eigenvalue weighted by molar-refractivity contribution is -0.126. The van der Waals surface area contributed by atoms with Gasteiger partial charge in [-0.1, -0.05) is 72.4 Å². The number of urea groups is 1. The Kier molecular flexibility index (Phi) is 5.16. The minimum Gasteiger partial charge on any atom is -0.431 e. The van der Waals surface area contributed by atoms with Gasteiger partial charge < -0.3 is 9.73 Å². The van der Waals surface area contributed by atoms with Crippen LogP contribution in [-0.2, 0) is 4.79 Å². The number of thioether (sulfide) groups is 1. The Balaban J connectivity index is 1.64. The van der Waals surface area contributed by atoms with E-state index in [1.54, 1.807) is 6.92 Å². The van der Waals surface area contributed by atoms with Crippen molar-refractivity contribution in [1.82, 2.24) is 15.2 Å². The Bertz CT molecular complexity index is 932. The summed E-state index contributed by atoms with van der Waals surface area (Å²) in [5.74, 6) is 0.411. The molecule has 1 aliphatic rings. The zero-order chi connectivity index (χ0) is 19.5. The first-order valence-electron chi connectivity index (χ1n) is 9.01. The molecule has 2 heterocycles. The third-order valence-corrected chi connectivity index (χ3v) is 5.37. The Morgan fingerprint density at radius 3 is 2.36 bits per heavy atom. The summed E-state index contributed by atoms with van der Waals surface area (Å²) >= 11 is 1.22. The smallest absolute Gasteiger partial charge is 0.324 e. The molecule has 3 amide bonds. The minimum absolute atomic E-state index is 0.249. The van der Waals surface area contributed by atoms with Crippen LogP contribution in [-0.4, -0.2) is 40.2 Å². The zero-order valence-corrected chi connectivity index (χ0v) is 16.1. The molecule has 0 saturated carbocycles. The lowest BCUT2D eigenvalue weighted by atomic mass is 10.1. The van der Waals surface area contributed by atoms with E-state index in [0.29, 0.717) is 24.1 Å². The second kappa shape index (κ2) is 7.90. The molecule has 1 fully saturated rings. The van der Waals surface area contributed by atoms with Crippen molar-refractivity contribution in [3.05, 3.63) is 60.7 Å². The van der Waals surface area contributed by atoms with Crippen LogP contribution in [0.4, 0.5) is 4.79 Å². The van der Waals surface area contributed by atoms with Gasteiger partial charge in [-0.15, -0.1) is 0 Å². The van der Waals surface area contributed by atoms with Crippen LogP contribution in [0.5, 0.6) is 0 Å². The predicted octanol–water partition coefficient (Wildman–Crippen LogP) is 4.04. The topological polar surface area (TPSA) is 75.4 Å². The van der Waals surface area contributed by atoms with E-state index in [4.69, 9.17) is 4.42 Å². The van der Waals surface area contributed by atoms with Crippen LogP contribution in [0.25, 0.3) is 22.6 Å². The van der Waals surface area contributed by atoms with Crippen molar-refractivity contribution < 1.29 is 14.0 Å². The average molecular weight is 393 g/mol. The number of imide groups is 1. The van der Waals surface area contributed by atoms with Crippen molar-refractivity contribution in [3.63, 3.8) is 0 Å². The van der Waals surface area contributed by atoms with Crippen LogP contribution >= 0.6 is 11.8 Å². The molecule has 6 nitrogen and oxygen atoms in total. The van der Waals surface area contributed by atoms with Crippen molar-refractivity contribution in [3.8, 4) is 22.6 Å². The number of amides is 3. The molecule has 1 saturated heterocycles. The van der Waals surface area contributed by atoms with Gasteiger partial charge in [0.1, 0.15) is 5.69 Å². The average Bonchev–Trinajstić information content (AvgIpc) is 3.35. The summed E-state index contributed by atoms with van der Waals surface area (Å²) in [4.78, 5) is 30.2. The Labute approximate surface area is 166 Å². The number of nitrogens with zero attached hydrogens (tertiary/aromatic N) is 2. The Morgan fingerprint density at radius 2 is 1.75 bits per heavy atom. The molecule has 0 bridgehead atoms. The summed E-state index contributed by atoms with van der Waals surface area (Å²) in [6.07, 6.45) is 0. The van der Waals surface area contributed by atoms with E-state index < -0.39 is 5.25 Å². The first-order valence-corrected chi connectivity index (χ1v) is 9.89. The van der Waals surface area contributed by atoms with E-state index >= 15 is 0 Å². The molecule has 0 radical (unpaired) electrons. The largest absolute Gasteiger partial charge is 0.431 e. The lowest BCUT2D eigenvalue weighted by Gasteiger charge is -2.15. The number of carbonyl (C=O) groups excluding carboxylic acids is 2. The standard InChI is InChI=1S/C21H19N3O3S/c1-14(19(25)24-13-12-22-20(24)26)28-21-23-17(15-8-4-2-5-9-15)18(27-21)16-10-6-3-7-11-16/h2-11,14H,12-13H2,1H3,(H,22,26)/t14-/m0/s1. The number of rotatable bonds is 5. The van der Waals surface area contributed by atoms with Crippen molar-refractivity contribution in [1.29, 1.82) is 0 Å². The monoisotopic (exact) mass is 393 g/mol. The van der Waals surface area contributed by atoms with Crippen molar-refractivity contribution in [2.75, 3.05) is 13.1 Å². The minimum atomic E-state index is -0.491. The fraction of sp³-hybridized carbons (Fsp3) is 0.190. The molecule has 1 atom stereocenters. The fourth-order valence-corrected chi connectivity index (χ4v) is 3.84. The zero-order valence-electron chi connectivity index (χ0n) is 15.3. The first-order chi connectivity index (χ1) is 13.6. The molecule has 1 aliphatic heterocycles. The summed E-state index contributed by atoms with van der Waals surface area (Å²) in [7, 11) is 0. The molecule has 7 heteroatoms. The molecule has 142 valence electrons. The van der Waals surface area contributed by atoms with Crippen molar-refractivity contribution >= 4 is 23.7 Å². The molecule has 0 aliphatic carbocycles. The maximum absolute atomic E-state index is 12.6. The number of benzene rings is 2. The number of hydrogen-bond acceptors (Lipinski definition) is 5. The highest BCUT2D eigenvalue weighted by Gasteiger charge is 2.31. The van der Waals surface area contributed by atoms with Crippen molar-refractivity contribution in [2.45, 2.75) is 17.4 Å². The Hall–Kier alpha value is -3.06. The van der Waals surface area contributed by atoms with E-state index in [0.717, 1.165) is 16.8 Å². The van der Waals surface area contributed by atoms with Gasteiger partial charge in [0, 0.05) is 24.2 Å². The number of hydrogen-bond donors (Lipinski definition) is 1. The van der Waals surface area contributed by atoms with Gasteiger partial charge in [-0.2, -0.15) is 0 Å². The van der Waals surface area contributed by atoms with E-state index in [2.05, 4.69) is 10.3 Å². The van der Waals surface area contributed by atoms with Crippen LogP contribution in [0, 0.1) is 0 Å². The molecule has 0 unspecified atom stereocenters. The summed E-state index contributed by atoms with van der Waals surface area (Å²) in [5.41, 5.74) is 2.58. The van der Waals surface area contributed by atoms with E-state index in [9.17, 15) is 9.59 Å². The third-order valence-electron chi connectivity index (χ3n) is 4.44. The summed E-state index contributed by atoms with van der Waals surface area (Å²) in [5, 5.41) is 2.55. The molecular formula is C21H19N3O3S. The van der Waals surface area contributed by atoms with Crippen LogP contribution < -0.4 is 5.32 Å². The maximum atomic E-state index is 12.6. The maximum Gasteiger partial charge on any atom is 0.324 e. The fourth-order valence-electron chi connectivity index (χ4n) is 3.03. The van der Waals surface area contributed by atoms with Crippen LogP contribution in [0.15, 0.2) is 70.3 Å². The number of oxazole rings is 1. The second-order valence-corrected chi connectivity index (χ2v) is 7.66. The van der Waals surface area contributed by atoms with Crippen molar-refractivity contribution in [2.24, 2.45) is 0 Å². The summed E-state index contributed by atoms with van der Waals surface area (Å²) < 4.78 is 6.05. The number of nitrogens with one attached hydrogen (secondary N) is 1. The highest BCUT2D eigenvalue weighted by atomic mass is 32.2. The molecule has 1 N–H and O–H groups in total. The van der Waals surface area contributed by atoms with Crippen LogP contribution in [0.1, 0.15) is 6.92 Å². The van der Waals surface area contributed by atoms with Gasteiger partial charge in [-0.3, -0.25) is 9.69 Å². The van der Waals surface area contributed by atoms with E-state index in [1.807, 2.05) is 60.7 Å². The number of carbonyl (C=O) groups is 2. The van der Waals surface area contributed by atoms with Gasteiger partial charge in [-0.25, -0.2) is 9.78 Å². The van der Waals surface area contributed by atoms with Gasteiger partial charge >= 0.3 is 6.03 Å². The summed E-state index contributed by atoms with van der Waals surface area (Å²) in [6.45, 7) is 2.63. The number of aromatic nitrogens is 1. The highest BCUT2D eigenvalue weighted by Crippen LogP contribution is 2.36. The van der Waals surface area contributed by atoms with Crippen LogP contribution in [0.3, 0.4) is 0 Å². The summed E-state index contributed by atoms with van der Waals surface area (Å²) in [6, 6.07) is 19.2. The Morgan fingerprint density at radius 1 is 1.11 bits per heavy atom. The van der Waals surface area contributed by atoms with Gasteiger partial charge in [0.15, 0.2) is 5.76 Å². The van der Waals surface area contributed by atoms with Gasteiger partial charge in [0.25, 0.3) is 5.22 Å². The molecule has 2 aromatic carbocycles. The van der Waals surface area contributed by atoms with E-state index in [1.165, 1.54) is 16.7 Å². The lowest BCUT2D eigenvalue weighted by Crippen LogP contribution is -2.38. The molecule has 0 spiro atoms. The molecule has 4 rings (SSSR count). The molecular weight excluding hydrogens is 374 g/mol. The predicted molar refractivity (Wildman–Crippen MR) is 108 cm³/mol. The van der Waals surface area contributed by atoms with E-state index in [-0.39, 0.29) is 11.9 Å². The molecule has 3 aromatic rings. The SMILES string of the molecule is C[C@H](Sc1nc(-c2ccccc2)c(-c2ccccc2)o1)C(=O)N1CCNC1=O.